The van der Waals surface area contributed by atoms with Gasteiger partial charge in [0.1, 0.15) is 0 Å². The molecule has 1 aromatic carbocycles. The Kier molecular flexibility index (Phi) is 5.84. The van der Waals surface area contributed by atoms with Crippen molar-refractivity contribution in [3.8, 4) is 0 Å². The van der Waals surface area contributed by atoms with Crippen molar-refractivity contribution in [2.24, 2.45) is 5.41 Å². The third kappa shape index (κ3) is 4.24. The molecule has 1 amide bonds. The van der Waals surface area contributed by atoms with E-state index in [4.69, 9.17) is 27.9 Å². The van der Waals surface area contributed by atoms with E-state index in [9.17, 15) is 9.90 Å². The highest BCUT2D eigenvalue weighted by molar-refractivity contribution is 6.42. The Hall–Kier alpha value is -1.23. The molecule has 24 heavy (non-hydrogen) atoms. The maximum Gasteiger partial charge on any atom is 0.407 e. The molecule has 1 unspecified atom stereocenters. The van der Waals surface area contributed by atoms with Crippen LogP contribution in [0.2, 0.25) is 10.0 Å². The smallest absolute Gasteiger partial charge is 0.407 e. The zero-order valence-corrected chi connectivity index (χ0v) is 15.6. The molecule has 3 atom stereocenters. The van der Waals surface area contributed by atoms with E-state index in [-0.39, 0.29) is 23.5 Å². The Morgan fingerprint density at radius 1 is 1.33 bits per heavy atom. The standard InChI is InChI=1S/C18H23Cl2NO3/c1-5-15-12(11-6-7-13(19)14(20)8-11)9-21(17(22)23)10-16(24-15)18(2,3)4/h5-8,12,15-16H,1,9-10H2,2-4H3,(H,22,23)/t12-,15+,16?/m0/s1. The van der Waals surface area contributed by atoms with Crippen LogP contribution >= 0.6 is 23.2 Å². The fourth-order valence-electron chi connectivity index (χ4n) is 2.84. The van der Waals surface area contributed by atoms with Crippen molar-refractivity contribution < 1.29 is 14.6 Å². The van der Waals surface area contributed by atoms with Crippen molar-refractivity contribution >= 4 is 29.3 Å². The van der Waals surface area contributed by atoms with Crippen molar-refractivity contribution in [2.45, 2.75) is 38.9 Å². The summed E-state index contributed by atoms with van der Waals surface area (Å²) in [4.78, 5) is 13.1. The topological polar surface area (TPSA) is 49.8 Å². The summed E-state index contributed by atoms with van der Waals surface area (Å²) in [5.74, 6) is -0.194. The molecule has 1 saturated heterocycles. The summed E-state index contributed by atoms with van der Waals surface area (Å²) in [7, 11) is 0. The van der Waals surface area contributed by atoms with E-state index < -0.39 is 6.09 Å². The number of amides is 1. The van der Waals surface area contributed by atoms with E-state index in [1.807, 2.05) is 26.8 Å². The molecule has 132 valence electrons. The van der Waals surface area contributed by atoms with Gasteiger partial charge in [0.2, 0.25) is 0 Å². The van der Waals surface area contributed by atoms with Gasteiger partial charge < -0.3 is 14.7 Å². The summed E-state index contributed by atoms with van der Waals surface area (Å²) < 4.78 is 6.24. The van der Waals surface area contributed by atoms with Crippen LogP contribution < -0.4 is 0 Å². The average molecular weight is 372 g/mol. The van der Waals surface area contributed by atoms with Crippen molar-refractivity contribution in [1.82, 2.24) is 4.90 Å². The van der Waals surface area contributed by atoms with Gasteiger partial charge in [-0.25, -0.2) is 4.79 Å². The van der Waals surface area contributed by atoms with Crippen LogP contribution in [-0.4, -0.2) is 41.4 Å². The van der Waals surface area contributed by atoms with Gasteiger partial charge in [0.05, 0.1) is 28.8 Å². The summed E-state index contributed by atoms with van der Waals surface area (Å²) in [5.41, 5.74) is 0.691. The molecule has 0 bridgehead atoms. The van der Waals surface area contributed by atoms with Crippen LogP contribution in [0.4, 0.5) is 4.79 Å². The van der Waals surface area contributed by atoms with Crippen LogP contribution in [0.25, 0.3) is 0 Å². The zero-order valence-electron chi connectivity index (χ0n) is 14.1. The second-order valence-electron chi connectivity index (χ2n) is 7.16. The Morgan fingerprint density at radius 2 is 2.00 bits per heavy atom. The molecule has 4 nitrogen and oxygen atoms in total. The Bertz CT molecular complexity index is 627. The molecule has 0 aliphatic carbocycles. The monoisotopic (exact) mass is 371 g/mol. The number of hydrogen-bond donors (Lipinski definition) is 1. The number of benzene rings is 1. The van der Waals surface area contributed by atoms with Crippen molar-refractivity contribution in [3.05, 3.63) is 46.5 Å². The van der Waals surface area contributed by atoms with Crippen molar-refractivity contribution in [1.29, 1.82) is 0 Å². The molecule has 6 heteroatoms. The molecule has 1 heterocycles. The normalized spacial score (nSPS) is 25.2. The third-order valence-electron chi connectivity index (χ3n) is 4.36. The quantitative estimate of drug-likeness (QED) is 0.739. The fraction of sp³-hybridized carbons (Fsp3) is 0.500. The summed E-state index contributed by atoms with van der Waals surface area (Å²) in [6.07, 6.45) is 0.236. The first-order valence-corrected chi connectivity index (χ1v) is 8.60. The lowest BCUT2D eigenvalue weighted by Crippen LogP contribution is -2.42. The SMILES string of the molecule is C=C[C@H]1OC(C(C)(C)C)CN(C(=O)O)C[C@H]1c1ccc(Cl)c(Cl)c1. The minimum absolute atomic E-state index is 0.193. The molecular weight excluding hydrogens is 349 g/mol. The lowest BCUT2D eigenvalue weighted by molar-refractivity contribution is -0.0473. The second-order valence-corrected chi connectivity index (χ2v) is 7.97. The molecular formula is C18H23Cl2NO3. The number of carbonyl (C=O) groups is 1. The summed E-state index contributed by atoms with van der Waals surface area (Å²) in [5, 5.41) is 10.5. The molecule has 0 saturated carbocycles. The van der Waals surface area contributed by atoms with Crippen LogP contribution in [0.1, 0.15) is 32.3 Å². The van der Waals surface area contributed by atoms with Crippen LogP contribution in [0, 0.1) is 5.41 Å². The lowest BCUT2D eigenvalue weighted by Gasteiger charge is -2.33. The highest BCUT2D eigenvalue weighted by Crippen LogP contribution is 2.35. The number of nitrogens with zero attached hydrogens (tertiary/aromatic N) is 1. The predicted octanol–water partition coefficient (Wildman–Crippen LogP) is 5.06. The molecule has 0 spiro atoms. The molecule has 2 rings (SSSR count). The number of ether oxygens (including phenoxy) is 1. The van der Waals surface area contributed by atoms with E-state index >= 15 is 0 Å². The Labute approximate surface area is 153 Å². The maximum atomic E-state index is 11.7. The van der Waals surface area contributed by atoms with Gasteiger partial charge in [0, 0.05) is 12.5 Å². The predicted molar refractivity (Wildman–Crippen MR) is 97.1 cm³/mol. The first kappa shape index (κ1) is 19.1. The largest absolute Gasteiger partial charge is 0.465 e. The first-order chi connectivity index (χ1) is 11.1. The van der Waals surface area contributed by atoms with E-state index in [1.54, 1.807) is 18.2 Å². The molecule has 1 aliphatic heterocycles. The van der Waals surface area contributed by atoms with E-state index in [2.05, 4.69) is 6.58 Å². The number of carboxylic acid groups (broad SMARTS) is 1. The fourth-order valence-corrected chi connectivity index (χ4v) is 3.14. The summed E-state index contributed by atoms with van der Waals surface area (Å²) >= 11 is 12.1. The van der Waals surface area contributed by atoms with Gasteiger partial charge in [-0.1, -0.05) is 56.1 Å². The Balaban J connectivity index is 2.42. The first-order valence-electron chi connectivity index (χ1n) is 7.84. The average Bonchev–Trinajstić information content (AvgIpc) is 2.69. The minimum Gasteiger partial charge on any atom is -0.465 e. The van der Waals surface area contributed by atoms with Crippen LogP contribution in [0.5, 0.6) is 0 Å². The van der Waals surface area contributed by atoms with Crippen molar-refractivity contribution in [2.75, 3.05) is 13.1 Å². The summed E-state index contributed by atoms with van der Waals surface area (Å²) in [6.45, 7) is 10.6. The highest BCUT2D eigenvalue weighted by Gasteiger charge is 2.38. The van der Waals surface area contributed by atoms with E-state index in [0.717, 1.165) is 5.56 Å². The van der Waals surface area contributed by atoms with E-state index in [0.29, 0.717) is 23.1 Å². The Morgan fingerprint density at radius 3 is 2.50 bits per heavy atom. The number of halogens is 2. The van der Waals surface area contributed by atoms with Gasteiger partial charge in [0.15, 0.2) is 0 Å². The van der Waals surface area contributed by atoms with Crippen molar-refractivity contribution in [3.63, 3.8) is 0 Å². The van der Waals surface area contributed by atoms with Gasteiger partial charge in [-0.15, -0.1) is 6.58 Å². The minimum atomic E-state index is -0.956. The van der Waals surface area contributed by atoms with Crippen LogP contribution in [0.15, 0.2) is 30.9 Å². The molecule has 0 aromatic heterocycles. The van der Waals surface area contributed by atoms with Gasteiger partial charge in [-0.3, -0.25) is 0 Å². The molecule has 1 fully saturated rings. The highest BCUT2D eigenvalue weighted by atomic mass is 35.5. The van der Waals surface area contributed by atoms with Gasteiger partial charge in [0.25, 0.3) is 0 Å². The van der Waals surface area contributed by atoms with Crippen LogP contribution in [-0.2, 0) is 4.74 Å². The second kappa shape index (κ2) is 7.34. The summed E-state index contributed by atoms with van der Waals surface area (Å²) in [6, 6.07) is 5.35. The number of hydrogen-bond acceptors (Lipinski definition) is 2. The number of rotatable bonds is 2. The maximum absolute atomic E-state index is 11.7. The third-order valence-corrected chi connectivity index (χ3v) is 5.10. The van der Waals surface area contributed by atoms with Crippen LogP contribution in [0.3, 0.4) is 0 Å². The zero-order chi connectivity index (χ0) is 18.1. The van der Waals surface area contributed by atoms with Gasteiger partial charge >= 0.3 is 6.09 Å². The van der Waals surface area contributed by atoms with Gasteiger partial charge in [-0.2, -0.15) is 0 Å². The molecule has 1 aliphatic rings. The molecule has 0 radical (unpaired) electrons. The molecule has 1 N–H and O–H groups in total. The van der Waals surface area contributed by atoms with E-state index in [1.165, 1.54) is 4.90 Å². The molecule has 1 aromatic rings. The lowest BCUT2D eigenvalue weighted by atomic mass is 9.88. The van der Waals surface area contributed by atoms with Gasteiger partial charge in [-0.05, 0) is 23.1 Å².